The summed E-state index contributed by atoms with van der Waals surface area (Å²) in [5, 5.41) is 6.05. The lowest BCUT2D eigenvalue weighted by Crippen LogP contribution is -2.38. The van der Waals surface area contributed by atoms with Gasteiger partial charge in [-0.1, -0.05) is 168 Å². The second-order valence-corrected chi connectivity index (χ2v) is 18.0. The van der Waals surface area contributed by atoms with Crippen molar-refractivity contribution in [2.24, 2.45) is 0 Å². The Bertz CT molecular complexity index is 908. The van der Waals surface area contributed by atoms with Crippen molar-refractivity contribution in [1.29, 1.82) is 0 Å². The van der Waals surface area contributed by atoms with E-state index < -0.39 is 5.60 Å². The molecule has 0 rings (SSSR count). The van der Waals surface area contributed by atoms with E-state index in [1.54, 1.807) is 0 Å². The van der Waals surface area contributed by atoms with Crippen LogP contribution in [-0.4, -0.2) is 79.1 Å². The smallest absolute Gasteiger partial charge is 0.407 e. The molecule has 8 heteroatoms. The Morgan fingerprint density at radius 2 is 0.807 bits per heavy atom. The SMILES string of the molecule is CCCCCCCCCCCNC(=O)CCCCCN(CCCCCCCC(=O)N(CCCCCCCC)CCCCCCCCC)CCNC(=O)OC(C)(C)C. The van der Waals surface area contributed by atoms with Gasteiger partial charge >= 0.3 is 6.09 Å². The fourth-order valence-corrected chi connectivity index (χ4v) is 7.52. The van der Waals surface area contributed by atoms with Crippen molar-refractivity contribution in [3.63, 3.8) is 0 Å². The quantitative estimate of drug-likeness (QED) is 0.0600. The molecule has 2 N–H and O–H groups in total. The van der Waals surface area contributed by atoms with E-state index in [1.165, 1.54) is 122 Å². The van der Waals surface area contributed by atoms with E-state index in [0.717, 1.165) is 110 Å². The number of nitrogens with one attached hydrogen (secondary N) is 2. The summed E-state index contributed by atoms with van der Waals surface area (Å²) >= 11 is 0. The van der Waals surface area contributed by atoms with Crippen molar-refractivity contribution >= 4 is 17.9 Å². The first-order valence-corrected chi connectivity index (χ1v) is 24.9. The van der Waals surface area contributed by atoms with E-state index >= 15 is 0 Å². The van der Waals surface area contributed by atoms with Crippen molar-refractivity contribution in [1.82, 2.24) is 20.4 Å². The number of hydrogen-bond donors (Lipinski definition) is 2. The molecule has 0 aromatic rings. The van der Waals surface area contributed by atoms with Gasteiger partial charge in [-0.2, -0.15) is 0 Å². The number of alkyl carbamates (subject to hydrolysis) is 1. The van der Waals surface area contributed by atoms with Crippen molar-refractivity contribution in [2.75, 3.05) is 45.8 Å². The fourth-order valence-electron chi connectivity index (χ4n) is 7.52. The van der Waals surface area contributed by atoms with Crippen molar-refractivity contribution < 1.29 is 19.1 Å². The van der Waals surface area contributed by atoms with Crippen LogP contribution in [0.2, 0.25) is 0 Å². The molecular formula is C49H98N4O4. The number of ether oxygens (including phenoxy) is 1. The first-order chi connectivity index (χ1) is 27.6. The van der Waals surface area contributed by atoms with Crippen LogP contribution < -0.4 is 10.6 Å². The lowest BCUT2D eigenvalue weighted by atomic mass is 10.1. The molecule has 8 nitrogen and oxygen atoms in total. The maximum atomic E-state index is 13.3. The van der Waals surface area contributed by atoms with Crippen LogP contribution in [0.3, 0.4) is 0 Å². The Kier molecular flexibility index (Phi) is 39.6. The number of unbranched alkanes of at least 4 members (excludes halogenated alkanes) is 25. The Labute approximate surface area is 354 Å². The second kappa shape index (κ2) is 40.9. The van der Waals surface area contributed by atoms with E-state index in [-0.39, 0.29) is 12.0 Å². The predicted octanol–water partition coefficient (Wildman–Crippen LogP) is 13.3. The summed E-state index contributed by atoms with van der Waals surface area (Å²) in [5.74, 6) is 0.558. The predicted molar refractivity (Wildman–Crippen MR) is 245 cm³/mol. The molecule has 3 amide bonds. The van der Waals surface area contributed by atoms with E-state index in [9.17, 15) is 14.4 Å². The molecule has 0 unspecified atom stereocenters. The number of hydrogen-bond acceptors (Lipinski definition) is 5. The number of rotatable bonds is 42. The minimum atomic E-state index is -0.506. The van der Waals surface area contributed by atoms with E-state index in [2.05, 4.69) is 41.2 Å². The minimum absolute atomic E-state index is 0.188. The van der Waals surface area contributed by atoms with Gasteiger partial charge in [0.05, 0.1) is 0 Å². The van der Waals surface area contributed by atoms with Gasteiger partial charge in [0.1, 0.15) is 5.60 Å². The summed E-state index contributed by atoms with van der Waals surface area (Å²) in [5.41, 5.74) is -0.506. The van der Waals surface area contributed by atoms with Crippen LogP contribution in [0.1, 0.15) is 247 Å². The standard InChI is InChI=1S/C49H98N4O4/c1-7-10-13-16-19-20-21-25-32-39-50-46(54)37-30-29-34-42-52(45-40-51-48(56)57-49(4,5)6)41-33-26-23-24-31-38-47(55)53(43-35-27-18-15-12-9-3)44-36-28-22-17-14-11-8-2/h7-45H2,1-6H3,(H,50,54)(H,51,56). The molecule has 338 valence electrons. The molecule has 0 spiro atoms. The lowest BCUT2D eigenvalue weighted by molar-refractivity contribution is -0.131. The first kappa shape index (κ1) is 55.2. The third-order valence-electron chi connectivity index (χ3n) is 11.1. The molecule has 0 aromatic heterocycles. The minimum Gasteiger partial charge on any atom is -0.444 e. The summed E-state index contributed by atoms with van der Waals surface area (Å²) in [6.45, 7) is 18.5. The molecule has 0 aromatic carbocycles. The van der Waals surface area contributed by atoms with Crippen molar-refractivity contribution in [2.45, 2.75) is 253 Å². The van der Waals surface area contributed by atoms with Crippen LogP contribution in [0.5, 0.6) is 0 Å². The average molecular weight is 807 g/mol. The molecule has 0 saturated carbocycles. The normalized spacial score (nSPS) is 11.6. The molecule has 0 aliphatic carbocycles. The van der Waals surface area contributed by atoms with Gasteiger partial charge in [-0.3, -0.25) is 9.59 Å². The van der Waals surface area contributed by atoms with Gasteiger partial charge < -0.3 is 25.2 Å². The zero-order valence-electron chi connectivity index (χ0n) is 39.1. The van der Waals surface area contributed by atoms with E-state index in [4.69, 9.17) is 4.74 Å². The van der Waals surface area contributed by atoms with Crippen molar-refractivity contribution in [3.05, 3.63) is 0 Å². The monoisotopic (exact) mass is 807 g/mol. The zero-order chi connectivity index (χ0) is 42.1. The number of carbonyl (C=O) groups excluding carboxylic acids is 3. The topological polar surface area (TPSA) is 91.0 Å². The Morgan fingerprint density at radius 1 is 0.421 bits per heavy atom. The molecule has 0 bridgehead atoms. The Hall–Kier alpha value is -1.83. The van der Waals surface area contributed by atoms with Gasteiger partial charge in [-0.05, 0) is 78.8 Å². The summed E-state index contributed by atoms with van der Waals surface area (Å²) < 4.78 is 5.44. The molecule has 0 saturated heterocycles. The van der Waals surface area contributed by atoms with Gasteiger partial charge in [-0.25, -0.2) is 4.79 Å². The van der Waals surface area contributed by atoms with Crippen LogP contribution in [0.4, 0.5) is 4.79 Å². The summed E-state index contributed by atoms with van der Waals surface area (Å²) in [6, 6.07) is 0. The molecule has 0 fully saturated rings. The summed E-state index contributed by atoms with van der Waals surface area (Å²) in [4.78, 5) is 42.5. The summed E-state index contributed by atoms with van der Waals surface area (Å²) in [6.07, 6.45) is 37.7. The zero-order valence-corrected chi connectivity index (χ0v) is 39.1. The maximum absolute atomic E-state index is 13.3. The van der Waals surface area contributed by atoms with Crippen molar-refractivity contribution in [3.8, 4) is 0 Å². The van der Waals surface area contributed by atoms with Gasteiger partial charge in [0.25, 0.3) is 0 Å². The highest BCUT2D eigenvalue weighted by molar-refractivity contribution is 5.76. The van der Waals surface area contributed by atoms with Crippen LogP contribution >= 0.6 is 0 Å². The molecule has 0 heterocycles. The largest absolute Gasteiger partial charge is 0.444 e. The van der Waals surface area contributed by atoms with Gasteiger partial charge in [0.15, 0.2) is 0 Å². The maximum Gasteiger partial charge on any atom is 0.407 e. The average Bonchev–Trinajstić information content (AvgIpc) is 3.17. The van der Waals surface area contributed by atoms with Gasteiger partial charge in [-0.15, -0.1) is 0 Å². The molecule has 0 radical (unpaired) electrons. The fraction of sp³-hybridized carbons (Fsp3) is 0.939. The lowest BCUT2D eigenvalue weighted by Gasteiger charge is -2.24. The molecule has 0 atom stereocenters. The first-order valence-electron chi connectivity index (χ1n) is 24.9. The van der Waals surface area contributed by atoms with Crippen LogP contribution in [0.15, 0.2) is 0 Å². The van der Waals surface area contributed by atoms with E-state index in [1.807, 2.05) is 20.8 Å². The van der Waals surface area contributed by atoms with Crippen LogP contribution in [0, 0.1) is 0 Å². The van der Waals surface area contributed by atoms with Crippen LogP contribution in [0.25, 0.3) is 0 Å². The number of nitrogens with zero attached hydrogens (tertiary/aromatic N) is 2. The Balaban J connectivity index is 4.50. The van der Waals surface area contributed by atoms with Gasteiger partial charge in [0.2, 0.25) is 11.8 Å². The third kappa shape index (κ3) is 40.7. The van der Waals surface area contributed by atoms with Crippen LogP contribution in [-0.2, 0) is 14.3 Å². The Morgan fingerprint density at radius 3 is 1.28 bits per heavy atom. The molecule has 57 heavy (non-hydrogen) atoms. The number of carbonyl (C=O) groups is 3. The number of amides is 3. The molecule has 0 aliphatic heterocycles. The highest BCUT2D eigenvalue weighted by Crippen LogP contribution is 2.14. The second-order valence-electron chi connectivity index (χ2n) is 18.0. The van der Waals surface area contributed by atoms with E-state index in [0.29, 0.717) is 25.3 Å². The molecule has 0 aliphatic rings. The van der Waals surface area contributed by atoms with Gasteiger partial charge in [0, 0.05) is 45.6 Å². The highest BCUT2D eigenvalue weighted by Gasteiger charge is 2.16. The third-order valence-corrected chi connectivity index (χ3v) is 11.1. The summed E-state index contributed by atoms with van der Waals surface area (Å²) in [7, 11) is 0. The molecular weight excluding hydrogens is 709 g/mol. The highest BCUT2D eigenvalue weighted by atomic mass is 16.6.